The Morgan fingerprint density at radius 3 is 2.41 bits per heavy atom. The van der Waals surface area contributed by atoms with Crippen LogP contribution in [0.15, 0.2) is 73.4 Å². The van der Waals surface area contributed by atoms with Gasteiger partial charge in [0.05, 0.1) is 17.3 Å². The first-order valence-electron chi connectivity index (χ1n) is 9.60. The molecule has 1 amide bonds. The molecule has 0 spiro atoms. The van der Waals surface area contributed by atoms with Crippen molar-refractivity contribution in [1.29, 1.82) is 0 Å². The molecule has 1 atom stereocenters. The average Bonchev–Trinajstić information content (AvgIpc) is 2.80. The molecule has 0 bridgehead atoms. The van der Waals surface area contributed by atoms with Crippen molar-refractivity contribution in [2.45, 2.75) is 19.4 Å². The number of carbonyl (C=O) groups is 1. The predicted molar refractivity (Wildman–Crippen MR) is 121 cm³/mol. The summed E-state index contributed by atoms with van der Waals surface area (Å²) in [6.07, 6.45) is 0.664. The maximum atomic E-state index is 12.3. The number of phenols is 1. The molecule has 0 aliphatic heterocycles. The van der Waals surface area contributed by atoms with Crippen molar-refractivity contribution in [3.8, 4) is 5.75 Å². The van der Waals surface area contributed by atoms with Crippen LogP contribution in [-0.4, -0.2) is 17.0 Å². The average molecular weight is 435 g/mol. The Bertz CT molecular complexity index is 1260. The Balaban J connectivity index is 1.89. The van der Waals surface area contributed by atoms with Crippen molar-refractivity contribution < 1.29 is 9.90 Å². The molecule has 32 heavy (non-hydrogen) atoms. The quantitative estimate of drug-likeness (QED) is 0.0710. The number of hydrogen-bond acceptors (Lipinski definition) is 7. The number of amides is 1. The largest absolute Gasteiger partial charge is 0.505 e. The fraction of sp³-hybridized carbons (Fsp3) is 0.143. The van der Waals surface area contributed by atoms with E-state index < -0.39 is 28.5 Å². The van der Waals surface area contributed by atoms with E-state index in [1.54, 1.807) is 0 Å². The summed E-state index contributed by atoms with van der Waals surface area (Å²) in [5.74, 6) is 2.99. The van der Waals surface area contributed by atoms with E-state index in [0.29, 0.717) is 6.42 Å². The topological polar surface area (TPSA) is 185 Å². The maximum absolute atomic E-state index is 12.3. The minimum absolute atomic E-state index is 0.00997. The van der Waals surface area contributed by atoms with Crippen LogP contribution in [0.3, 0.4) is 0 Å². The van der Waals surface area contributed by atoms with Crippen molar-refractivity contribution in [3.05, 3.63) is 80.1 Å². The number of nitrogens with one attached hydrogen (secondary N) is 2. The minimum atomic E-state index is -0.894. The zero-order valence-corrected chi connectivity index (χ0v) is 17.1. The molecule has 11 nitrogen and oxygen atoms in total. The SMILES string of the molecule is CC[C@@H](Nc1c(Nc2cccc(C(=O)N=C(N)/N=N\N)c2O)c(=O)c1=O)c1ccccc1. The molecule has 0 fully saturated rings. The van der Waals surface area contributed by atoms with E-state index in [2.05, 4.69) is 26.0 Å². The number of guanidine groups is 1. The number of nitrogens with zero attached hydrogens (tertiary/aromatic N) is 3. The summed E-state index contributed by atoms with van der Waals surface area (Å²) in [5, 5.41) is 22.5. The van der Waals surface area contributed by atoms with Crippen LogP contribution in [0.4, 0.5) is 17.1 Å². The molecule has 0 saturated carbocycles. The zero-order chi connectivity index (χ0) is 23.3. The van der Waals surface area contributed by atoms with Crippen LogP contribution < -0.4 is 33.1 Å². The van der Waals surface area contributed by atoms with Crippen LogP contribution in [-0.2, 0) is 0 Å². The van der Waals surface area contributed by atoms with E-state index in [-0.39, 0.29) is 28.7 Å². The molecule has 3 aromatic rings. The van der Waals surface area contributed by atoms with E-state index in [4.69, 9.17) is 11.6 Å². The molecule has 0 radical (unpaired) electrons. The first kappa shape index (κ1) is 22.2. The highest BCUT2D eigenvalue weighted by Crippen LogP contribution is 2.33. The molecular weight excluding hydrogens is 414 g/mol. The van der Waals surface area contributed by atoms with E-state index >= 15 is 0 Å². The van der Waals surface area contributed by atoms with E-state index in [1.807, 2.05) is 37.3 Å². The van der Waals surface area contributed by atoms with Gasteiger partial charge >= 0.3 is 0 Å². The molecular formula is C21H21N7O4. The van der Waals surface area contributed by atoms with Gasteiger partial charge in [-0.25, -0.2) is 0 Å². The Morgan fingerprint density at radius 1 is 1.06 bits per heavy atom. The summed E-state index contributed by atoms with van der Waals surface area (Å²) in [6.45, 7) is 1.95. The molecule has 3 aromatic carbocycles. The summed E-state index contributed by atoms with van der Waals surface area (Å²) < 4.78 is 0. The van der Waals surface area contributed by atoms with Gasteiger partial charge in [-0.15, -0.1) is 0 Å². The molecule has 7 N–H and O–H groups in total. The lowest BCUT2D eigenvalue weighted by atomic mass is 10.0. The van der Waals surface area contributed by atoms with Gasteiger partial charge in [0.2, 0.25) is 5.96 Å². The van der Waals surface area contributed by atoms with Gasteiger partial charge in [0.1, 0.15) is 11.4 Å². The summed E-state index contributed by atoms with van der Waals surface area (Å²) in [7, 11) is 0. The standard InChI is InChI=1S/C21H21N7O4/c1-2-13(11-7-4-3-5-8-11)24-15-16(19(31)18(15)30)25-14-10-6-9-12(17(14)29)20(32)26-21(22)27-28-23/h3-10,13,24-25,29H,2H2,1H3,(H4,22,23,26,27,32)/t13-/m1/s1. The lowest BCUT2D eigenvalue weighted by Gasteiger charge is -2.22. The van der Waals surface area contributed by atoms with Crippen molar-refractivity contribution in [2.24, 2.45) is 26.9 Å². The number of para-hydroxylation sites is 1. The first-order valence-corrected chi connectivity index (χ1v) is 9.60. The molecule has 0 aromatic heterocycles. The smallest absolute Gasteiger partial charge is 0.284 e. The number of aliphatic imine (C=N–C) groups is 1. The second-order valence-corrected chi connectivity index (χ2v) is 6.74. The number of anilines is 3. The van der Waals surface area contributed by atoms with Gasteiger partial charge in [-0.3, -0.25) is 14.4 Å². The summed E-state index contributed by atoms with van der Waals surface area (Å²) in [5.41, 5.74) is 4.85. The third-order valence-electron chi connectivity index (χ3n) is 4.74. The van der Waals surface area contributed by atoms with Crippen LogP contribution >= 0.6 is 0 Å². The monoisotopic (exact) mass is 435 g/mol. The maximum Gasteiger partial charge on any atom is 0.284 e. The number of benzene rings is 2. The molecule has 0 saturated heterocycles. The molecule has 0 aliphatic rings. The van der Waals surface area contributed by atoms with E-state index in [0.717, 1.165) is 5.56 Å². The first-order chi connectivity index (χ1) is 15.4. The lowest BCUT2D eigenvalue weighted by molar-refractivity contribution is 0.1000. The number of hydrogen-bond donors (Lipinski definition) is 5. The third-order valence-corrected chi connectivity index (χ3v) is 4.74. The fourth-order valence-corrected chi connectivity index (χ4v) is 3.13. The molecule has 11 heteroatoms. The minimum Gasteiger partial charge on any atom is -0.505 e. The lowest BCUT2D eigenvalue weighted by Crippen LogP contribution is -2.37. The fourth-order valence-electron chi connectivity index (χ4n) is 3.13. The van der Waals surface area contributed by atoms with Gasteiger partial charge in [0.25, 0.3) is 16.8 Å². The number of nitrogens with two attached hydrogens (primary N) is 2. The van der Waals surface area contributed by atoms with Crippen LogP contribution in [0.25, 0.3) is 0 Å². The number of aromatic hydroxyl groups is 1. The Kier molecular flexibility index (Phi) is 6.59. The molecule has 0 unspecified atom stereocenters. The highest BCUT2D eigenvalue weighted by Gasteiger charge is 2.25. The van der Waals surface area contributed by atoms with Gasteiger partial charge < -0.3 is 27.3 Å². The highest BCUT2D eigenvalue weighted by atomic mass is 16.3. The van der Waals surface area contributed by atoms with E-state index in [1.165, 1.54) is 18.2 Å². The highest BCUT2D eigenvalue weighted by molar-refractivity contribution is 6.05. The Labute approximate surface area is 182 Å². The third kappa shape index (κ3) is 4.46. The van der Waals surface area contributed by atoms with Crippen molar-refractivity contribution in [2.75, 3.05) is 10.6 Å². The predicted octanol–water partition coefficient (Wildman–Crippen LogP) is 2.08. The Hall–Kier alpha value is -4.54. The summed E-state index contributed by atoms with van der Waals surface area (Å²) in [4.78, 5) is 40.1. The van der Waals surface area contributed by atoms with Gasteiger partial charge in [-0.1, -0.05) is 53.7 Å². The number of carbonyl (C=O) groups excluding carboxylic acids is 1. The summed E-state index contributed by atoms with van der Waals surface area (Å²) >= 11 is 0. The number of rotatable bonds is 7. The van der Waals surface area contributed by atoms with Gasteiger partial charge in [-0.05, 0) is 24.1 Å². The van der Waals surface area contributed by atoms with E-state index in [9.17, 15) is 19.5 Å². The van der Waals surface area contributed by atoms with Crippen molar-refractivity contribution in [1.82, 2.24) is 0 Å². The zero-order valence-electron chi connectivity index (χ0n) is 17.1. The molecule has 3 rings (SSSR count). The van der Waals surface area contributed by atoms with Crippen LogP contribution in [0, 0.1) is 0 Å². The van der Waals surface area contributed by atoms with Gasteiger partial charge in [0.15, 0.2) is 5.75 Å². The van der Waals surface area contributed by atoms with Crippen LogP contribution in [0.2, 0.25) is 0 Å². The second-order valence-electron chi connectivity index (χ2n) is 6.74. The van der Waals surface area contributed by atoms with Crippen molar-refractivity contribution >= 4 is 28.9 Å². The van der Waals surface area contributed by atoms with Gasteiger partial charge in [-0.2, -0.15) is 4.99 Å². The van der Waals surface area contributed by atoms with Crippen molar-refractivity contribution in [3.63, 3.8) is 0 Å². The summed E-state index contributed by atoms with van der Waals surface area (Å²) in [6, 6.07) is 13.5. The van der Waals surface area contributed by atoms with Gasteiger partial charge in [0, 0.05) is 0 Å². The van der Waals surface area contributed by atoms with Crippen LogP contribution in [0.5, 0.6) is 5.75 Å². The molecule has 0 heterocycles. The number of phenolic OH excluding ortho intramolecular Hbond substituents is 1. The normalized spacial score (nSPS) is 12.7. The Morgan fingerprint density at radius 2 is 1.75 bits per heavy atom. The molecule has 0 aliphatic carbocycles. The second kappa shape index (κ2) is 9.51. The van der Waals surface area contributed by atoms with Crippen LogP contribution in [0.1, 0.15) is 35.3 Å². The molecule has 164 valence electrons.